The number of benzene rings is 1. The fourth-order valence-corrected chi connectivity index (χ4v) is 3.02. The van der Waals surface area contributed by atoms with Gasteiger partial charge in [-0.15, -0.1) is 0 Å². The minimum atomic E-state index is -0.652. The summed E-state index contributed by atoms with van der Waals surface area (Å²) in [6.45, 7) is 6.38. The first-order valence-corrected chi connectivity index (χ1v) is 7.61. The van der Waals surface area contributed by atoms with Crippen LogP contribution in [0, 0.1) is 17.2 Å². The largest absolute Gasteiger partial charge is 0.371 e. The summed E-state index contributed by atoms with van der Waals surface area (Å²) in [5.41, 5.74) is 8.21. The van der Waals surface area contributed by atoms with Crippen LogP contribution in [0.4, 0.5) is 5.69 Å². The van der Waals surface area contributed by atoms with Crippen molar-refractivity contribution in [3.8, 4) is 6.07 Å². The van der Waals surface area contributed by atoms with Gasteiger partial charge in [0.15, 0.2) is 0 Å². The number of nitrogens with zero attached hydrogens (tertiary/aromatic N) is 2. The van der Waals surface area contributed by atoms with Gasteiger partial charge in [0.1, 0.15) is 5.54 Å². The van der Waals surface area contributed by atoms with E-state index in [1.807, 2.05) is 6.92 Å². The van der Waals surface area contributed by atoms with Crippen molar-refractivity contribution in [2.75, 3.05) is 18.0 Å². The highest BCUT2D eigenvalue weighted by atomic mass is 15.1. The second kappa shape index (κ2) is 6.28. The summed E-state index contributed by atoms with van der Waals surface area (Å²) in [6, 6.07) is 10.9. The van der Waals surface area contributed by atoms with Crippen LogP contribution in [-0.4, -0.2) is 18.6 Å². The molecule has 0 aliphatic carbocycles. The molecule has 2 atom stereocenters. The molecule has 1 aliphatic rings. The van der Waals surface area contributed by atoms with Crippen LogP contribution in [0.1, 0.15) is 38.7 Å². The van der Waals surface area contributed by atoms with E-state index in [1.54, 1.807) is 0 Å². The molecule has 0 amide bonds. The van der Waals surface area contributed by atoms with Gasteiger partial charge in [0.05, 0.1) is 6.07 Å². The molecule has 0 spiro atoms. The summed E-state index contributed by atoms with van der Waals surface area (Å²) in [6.07, 6.45) is 3.63. The summed E-state index contributed by atoms with van der Waals surface area (Å²) < 4.78 is 0. The van der Waals surface area contributed by atoms with Crippen LogP contribution in [0.15, 0.2) is 24.3 Å². The number of anilines is 1. The van der Waals surface area contributed by atoms with Crippen LogP contribution >= 0.6 is 0 Å². The fourth-order valence-electron chi connectivity index (χ4n) is 3.02. The number of para-hydroxylation sites is 1. The molecule has 0 bridgehead atoms. The molecule has 20 heavy (non-hydrogen) atoms. The Labute approximate surface area is 122 Å². The van der Waals surface area contributed by atoms with Gasteiger partial charge in [0, 0.05) is 18.8 Å². The Morgan fingerprint density at radius 3 is 2.90 bits per heavy atom. The lowest BCUT2D eigenvalue weighted by atomic mass is 9.91. The van der Waals surface area contributed by atoms with E-state index in [0.29, 0.717) is 5.92 Å². The Kier molecular flexibility index (Phi) is 4.67. The highest BCUT2D eigenvalue weighted by Crippen LogP contribution is 2.29. The van der Waals surface area contributed by atoms with Gasteiger partial charge in [-0.05, 0) is 43.2 Å². The van der Waals surface area contributed by atoms with Gasteiger partial charge in [0.25, 0.3) is 0 Å². The summed E-state index contributed by atoms with van der Waals surface area (Å²) >= 11 is 0. The van der Waals surface area contributed by atoms with Gasteiger partial charge in [0.2, 0.25) is 0 Å². The molecule has 0 fully saturated rings. The summed E-state index contributed by atoms with van der Waals surface area (Å²) in [7, 11) is 0. The third-order valence-corrected chi connectivity index (χ3v) is 4.34. The van der Waals surface area contributed by atoms with Crippen LogP contribution in [0.2, 0.25) is 0 Å². The molecule has 0 radical (unpaired) electrons. The Bertz CT molecular complexity index is 491. The van der Waals surface area contributed by atoms with Gasteiger partial charge in [-0.3, -0.25) is 0 Å². The monoisotopic (exact) mass is 271 g/mol. The minimum Gasteiger partial charge on any atom is -0.371 e. The number of fused-ring (bicyclic) bond motifs is 1. The first-order chi connectivity index (χ1) is 9.58. The molecule has 1 aromatic rings. The van der Waals surface area contributed by atoms with Gasteiger partial charge in [-0.2, -0.15) is 5.26 Å². The Morgan fingerprint density at radius 1 is 1.45 bits per heavy atom. The molecule has 2 N–H and O–H groups in total. The third kappa shape index (κ3) is 3.32. The minimum absolute atomic E-state index is 0.652. The average Bonchev–Trinajstić information content (AvgIpc) is 2.46. The second-order valence-electron chi connectivity index (χ2n) is 6.11. The lowest BCUT2D eigenvalue weighted by Crippen LogP contribution is -2.39. The molecular formula is C17H25N3. The Morgan fingerprint density at radius 2 is 2.20 bits per heavy atom. The molecule has 0 saturated carbocycles. The van der Waals surface area contributed by atoms with Crippen molar-refractivity contribution in [1.29, 1.82) is 5.26 Å². The van der Waals surface area contributed by atoms with Crippen molar-refractivity contribution in [1.82, 2.24) is 0 Å². The van der Waals surface area contributed by atoms with E-state index in [9.17, 15) is 0 Å². The molecule has 1 heterocycles. The summed E-state index contributed by atoms with van der Waals surface area (Å²) in [5.74, 6) is 0.690. The van der Waals surface area contributed by atoms with E-state index < -0.39 is 5.54 Å². The SMILES string of the molecule is CCC(N)(C#N)CCCN1CC(C)Cc2ccccc21. The molecule has 2 unspecified atom stereocenters. The maximum Gasteiger partial charge on any atom is 0.104 e. The number of nitrogens with two attached hydrogens (primary N) is 1. The van der Waals surface area contributed by atoms with Gasteiger partial charge >= 0.3 is 0 Å². The zero-order valence-electron chi connectivity index (χ0n) is 12.6. The maximum atomic E-state index is 9.13. The zero-order chi connectivity index (χ0) is 14.6. The zero-order valence-corrected chi connectivity index (χ0v) is 12.6. The first-order valence-electron chi connectivity index (χ1n) is 7.61. The lowest BCUT2D eigenvalue weighted by molar-refractivity contribution is 0.453. The molecule has 108 valence electrons. The predicted octanol–water partition coefficient (Wildman–Crippen LogP) is 3.10. The van der Waals surface area contributed by atoms with Crippen LogP contribution in [0.25, 0.3) is 0 Å². The molecule has 1 aromatic carbocycles. The topological polar surface area (TPSA) is 53.1 Å². The van der Waals surface area contributed by atoms with Crippen LogP contribution in [-0.2, 0) is 6.42 Å². The highest BCUT2D eigenvalue weighted by Gasteiger charge is 2.24. The van der Waals surface area contributed by atoms with Gasteiger partial charge in [-0.1, -0.05) is 32.0 Å². The summed E-state index contributed by atoms with van der Waals surface area (Å²) in [4.78, 5) is 2.46. The van der Waals surface area contributed by atoms with E-state index in [4.69, 9.17) is 11.0 Å². The first kappa shape index (κ1) is 14.9. The molecular weight excluding hydrogens is 246 g/mol. The van der Waals surface area contributed by atoms with Gasteiger partial charge < -0.3 is 10.6 Å². The number of rotatable bonds is 5. The Balaban J connectivity index is 1.99. The van der Waals surface area contributed by atoms with Crippen molar-refractivity contribution in [3.05, 3.63) is 29.8 Å². The predicted molar refractivity (Wildman–Crippen MR) is 83.6 cm³/mol. The van der Waals surface area contributed by atoms with Crippen LogP contribution < -0.4 is 10.6 Å². The van der Waals surface area contributed by atoms with E-state index in [0.717, 1.165) is 32.4 Å². The molecule has 1 aliphatic heterocycles. The quantitative estimate of drug-likeness (QED) is 0.895. The highest BCUT2D eigenvalue weighted by molar-refractivity contribution is 5.55. The van der Waals surface area contributed by atoms with Crippen LogP contribution in [0.3, 0.4) is 0 Å². The fraction of sp³-hybridized carbons (Fsp3) is 0.588. The maximum absolute atomic E-state index is 9.13. The number of hydrogen-bond donors (Lipinski definition) is 1. The van der Waals surface area contributed by atoms with E-state index in [-0.39, 0.29) is 0 Å². The molecule has 0 aromatic heterocycles. The second-order valence-corrected chi connectivity index (χ2v) is 6.11. The smallest absolute Gasteiger partial charge is 0.104 e. The van der Waals surface area contributed by atoms with Crippen molar-refractivity contribution in [2.45, 2.75) is 45.1 Å². The van der Waals surface area contributed by atoms with Gasteiger partial charge in [-0.25, -0.2) is 0 Å². The number of hydrogen-bond acceptors (Lipinski definition) is 3. The van der Waals surface area contributed by atoms with Crippen molar-refractivity contribution < 1.29 is 0 Å². The number of nitriles is 1. The average molecular weight is 271 g/mol. The van der Waals surface area contributed by atoms with Crippen molar-refractivity contribution >= 4 is 5.69 Å². The normalized spacial score (nSPS) is 20.9. The van der Waals surface area contributed by atoms with Crippen molar-refractivity contribution in [3.63, 3.8) is 0 Å². The van der Waals surface area contributed by atoms with Crippen LogP contribution in [0.5, 0.6) is 0 Å². The Hall–Kier alpha value is -1.53. The van der Waals surface area contributed by atoms with E-state index in [1.165, 1.54) is 17.7 Å². The molecule has 2 rings (SSSR count). The van der Waals surface area contributed by atoms with E-state index >= 15 is 0 Å². The lowest BCUT2D eigenvalue weighted by Gasteiger charge is -2.35. The third-order valence-electron chi connectivity index (χ3n) is 4.34. The molecule has 3 nitrogen and oxygen atoms in total. The molecule has 3 heteroatoms. The van der Waals surface area contributed by atoms with E-state index in [2.05, 4.69) is 42.2 Å². The molecule has 0 saturated heterocycles. The standard InChI is InChI=1S/C17H25N3/c1-3-17(19,13-18)9-6-10-20-12-14(2)11-15-7-4-5-8-16(15)20/h4-5,7-8,14H,3,6,9-12,19H2,1-2H3. The van der Waals surface area contributed by atoms with Crippen molar-refractivity contribution in [2.24, 2.45) is 11.7 Å². The summed E-state index contributed by atoms with van der Waals surface area (Å²) in [5, 5.41) is 9.13.